The summed E-state index contributed by atoms with van der Waals surface area (Å²) in [7, 11) is 3.85. The van der Waals surface area contributed by atoms with Crippen LogP contribution in [0.3, 0.4) is 0 Å². The van der Waals surface area contributed by atoms with Crippen molar-refractivity contribution in [2.45, 2.75) is 13.0 Å². The molecule has 1 aromatic carbocycles. The molecule has 0 atom stereocenters. The molecule has 4 nitrogen and oxygen atoms in total. The molecular formula is C16H27FN4. The monoisotopic (exact) mass is 294 g/mol. The second-order valence-corrected chi connectivity index (χ2v) is 5.69. The number of anilines is 1. The van der Waals surface area contributed by atoms with Crippen LogP contribution in [0.15, 0.2) is 18.2 Å². The van der Waals surface area contributed by atoms with E-state index in [1.54, 1.807) is 6.07 Å². The molecule has 2 N–H and O–H groups in total. The zero-order chi connectivity index (χ0) is 15.1. The maximum absolute atomic E-state index is 14.0. The van der Waals surface area contributed by atoms with Crippen molar-refractivity contribution < 1.29 is 4.39 Å². The van der Waals surface area contributed by atoms with Crippen molar-refractivity contribution in [3.63, 3.8) is 0 Å². The molecule has 0 aromatic heterocycles. The van der Waals surface area contributed by atoms with E-state index in [-0.39, 0.29) is 5.82 Å². The normalized spacial score (nSPS) is 16.7. The Morgan fingerprint density at radius 2 is 2.19 bits per heavy atom. The number of halogens is 1. The van der Waals surface area contributed by atoms with Gasteiger partial charge in [0.15, 0.2) is 0 Å². The molecule has 1 fully saturated rings. The summed E-state index contributed by atoms with van der Waals surface area (Å²) in [5, 5.41) is 6.50. The van der Waals surface area contributed by atoms with Crippen LogP contribution in [0.2, 0.25) is 0 Å². The molecule has 1 aliphatic heterocycles. The van der Waals surface area contributed by atoms with Crippen LogP contribution in [0.4, 0.5) is 10.1 Å². The highest BCUT2D eigenvalue weighted by molar-refractivity contribution is 5.49. The zero-order valence-electron chi connectivity index (χ0n) is 13.2. The highest BCUT2D eigenvalue weighted by Crippen LogP contribution is 2.20. The third-order valence-corrected chi connectivity index (χ3v) is 3.96. The van der Waals surface area contributed by atoms with Gasteiger partial charge in [-0.1, -0.05) is 6.07 Å². The highest BCUT2D eigenvalue weighted by Gasteiger charge is 2.12. The van der Waals surface area contributed by atoms with Crippen molar-refractivity contribution in [1.29, 1.82) is 0 Å². The predicted octanol–water partition coefficient (Wildman–Crippen LogP) is 1.28. The molecule has 5 heteroatoms. The van der Waals surface area contributed by atoms with Gasteiger partial charge < -0.3 is 15.5 Å². The largest absolute Gasteiger partial charge is 0.371 e. The maximum atomic E-state index is 14.0. The van der Waals surface area contributed by atoms with Crippen LogP contribution < -0.4 is 15.5 Å². The maximum Gasteiger partial charge on any atom is 0.146 e. The Morgan fingerprint density at radius 3 is 3.00 bits per heavy atom. The van der Waals surface area contributed by atoms with Crippen molar-refractivity contribution in [2.75, 3.05) is 58.3 Å². The van der Waals surface area contributed by atoms with Gasteiger partial charge in [0.05, 0.1) is 5.69 Å². The fourth-order valence-electron chi connectivity index (χ4n) is 2.67. The second-order valence-electron chi connectivity index (χ2n) is 5.69. The number of hydrogen-bond acceptors (Lipinski definition) is 4. The van der Waals surface area contributed by atoms with E-state index in [0.717, 1.165) is 45.8 Å². The Balaban J connectivity index is 2.03. The van der Waals surface area contributed by atoms with E-state index >= 15 is 0 Å². The van der Waals surface area contributed by atoms with Crippen LogP contribution in [-0.2, 0) is 6.54 Å². The molecule has 2 rings (SSSR count). The molecule has 0 unspecified atom stereocenters. The third kappa shape index (κ3) is 4.95. The van der Waals surface area contributed by atoms with Gasteiger partial charge in [0.2, 0.25) is 0 Å². The van der Waals surface area contributed by atoms with E-state index in [0.29, 0.717) is 5.69 Å². The summed E-state index contributed by atoms with van der Waals surface area (Å²) in [6, 6.07) is 5.49. The smallest absolute Gasteiger partial charge is 0.146 e. The van der Waals surface area contributed by atoms with Gasteiger partial charge in [0.25, 0.3) is 0 Å². The van der Waals surface area contributed by atoms with E-state index in [2.05, 4.69) is 15.5 Å². The summed E-state index contributed by atoms with van der Waals surface area (Å²) in [6.07, 6.45) is 1.18. The summed E-state index contributed by atoms with van der Waals surface area (Å²) in [4.78, 5) is 4.41. The van der Waals surface area contributed by atoms with E-state index < -0.39 is 0 Å². The van der Waals surface area contributed by atoms with Crippen LogP contribution in [0.25, 0.3) is 0 Å². The summed E-state index contributed by atoms with van der Waals surface area (Å²) < 4.78 is 14.0. The second kappa shape index (κ2) is 8.32. The first-order valence-corrected chi connectivity index (χ1v) is 7.78. The number of rotatable bonds is 6. The molecule has 1 aromatic rings. The minimum Gasteiger partial charge on any atom is -0.371 e. The Hall–Kier alpha value is -1.17. The molecule has 21 heavy (non-hydrogen) atoms. The van der Waals surface area contributed by atoms with E-state index in [4.69, 9.17) is 0 Å². The predicted molar refractivity (Wildman–Crippen MR) is 86.4 cm³/mol. The molecule has 0 saturated carbocycles. The first-order chi connectivity index (χ1) is 10.2. The van der Waals surface area contributed by atoms with Crippen LogP contribution in [0.1, 0.15) is 12.0 Å². The standard InChI is InChI=1S/C16H27FN4/c1-18-7-10-20(2)16-12-14(4-5-15(16)17)13-21-9-3-6-19-8-11-21/h4-5,12,18-19H,3,6-11,13H2,1-2H3. The average Bonchev–Trinajstić information content (AvgIpc) is 2.75. The van der Waals surface area contributed by atoms with Crippen molar-refractivity contribution in [1.82, 2.24) is 15.5 Å². The number of benzene rings is 1. The van der Waals surface area contributed by atoms with E-state index in [1.807, 2.05) is 31.1 Å². The lowest BCUT2D eigenvalue weighted by molar-refractivity contribution is 0.284. The molecule has 1 saturated heterocycles. The lowest BCUT2D eigenvalue weighted by Gasteiger charge is -2.23. The molecule has 0 amide bonds. The Kier molecular flexibility index (Phi) is 6.42. The minimum absolute atomic E-state index is 0.144. The van der Waals surface area contributed by atoms with Crippen LogP contribution >= 0.6 is 0 Å². The van der Waals surface area contributed by atoms with Gasteiger partial charge in [0, 0.05) is 39.8 Å². The fraction of sp³-hybridized carbons (Fsp3) is 0.625. The summed E-state index contributed by atoms with van der Waals surface area (Å²) in [6.45, 7) is 6.84. The van der Waals surface area contributed by atoms with Crippen molar-refractivity contribution in [3.8, 4) is 0 Å². The lowest BCUT2D eigenvalue weighted by Crippen LogP contribution is -2.29. The van der Waals surface area contributed by atoms with Gasteiger partial charge in [-0.3, -0.25) is 4.90 Å². The molecule has 0 bridgehead atoms. The number of hydrogen-bond donors (Lipinski definition) is 2. The fourth-order valence-corrected chi connectivity index (χ4v) is 2.67. The lowest BCUT2D eigenvalue weighted by atomic mass is 10.1. The summed E-state index contributed by atoms with van der Waals surface area (Å²) >= 11 is 0. The minimum atomic E-state index is -0.144. The van der Waals surface area contributed by atoms with Gasteiger partial charge >= 0.3 is 0 Å². The van der Waals surface area contributed by atoms with Gasteiger partial charge in [-0.2, -0.15) is 0 Å². The Labute approximate surface area is 127 Å². The van der Waals surface area contributed by atoms with Gasteiger partial charge in [-0.15, -0.1) is 0 Å². The highest BCUT2D eigenvalue weighted by atomic mass is 19.1. The average molecular weight is 294 g/mol. The summed E-state index contributed by atoms with van der Waals surface area (Å²) in [5.74, 6) is -0.144. The number of likely N-dealkylation sites (N-methyl/N-ethyl adjacent to an activating group) is 2. The molecule has 1 aliphatic rings. The molecule has 0 aliphatic carbocycles. The van der Waals surface area contributed by atoms with Crippen molar-refractivity contribution >= 4 is 5.69 Å². The van der Waals surface area contributed by atoms with Gasteiger partial charge in [-0.25, -0.2) is 4.39 Å². The molecule has 1 heterocycles. The van der Waals surface area contributed by atoms with E-state index in [1.165, 1.54) is 12.0 Å². The Bertz CT molecular complexity index is 430. The molecular weight excluding hydrogens is 267 g/mol. The quantitative estimate of drug-likeness (QED) is 0.827. The van der Waals surface area contributed by atoms with Gasteiger partial charge in [0.1, 0.15) is 5.82 Å². The molecule has 0 radical (unpaired) electrons. The van der Waals surface area contributed by atoms with Crippen molar-refractivity contribution in [2.24, 2.45) is 0 Å². The number of nitrogens with one attached hydrogen (secondary N) is 2. The Morgan fingerprint density at radius 1 is 1.33 bits per heavy atom. The van der Waals surface area contributed by atoms with E-state index in [9.17, 15) is 4.39 Å². The first kappa shape index (κ1) is 16.2. The van der Waals surface area contributed by atoms with Crippen molar-refractivity contribution in [3.05, 3.63) is 29.6 Å². The third-order valence-electron chi connectivity index (χ3n) is 3.96. The van der Waals surface area contributed by atoms with Crippen LogP contribution in [0.5, 0.6) is 0 Å². The SMILES string of the molecule is CNCCN(C)c1cc(CN2CCCNCC2)ccc1F. The number of nitrogens with zero attached hydrogens (tertiary/aromatic N) is 2. The van der Waals surface area contributed by atoms with Crippen LogP contribution in [-0.4, -0.2) is 58.3 Å². The summed E-state index contributed by atoms with van der Waals surface area (Å²) in [5.41, 5.74) is 1.88. The van der Waals surface area contributed by atoms with Crippen LogP contribution in [0, 0.1) is 5.82 Å². The first-order valence-electron chi connectivity index (χ1n) is 7.78. The molecule has 118 valence electrons. The zero-order valence-corrected chi connectivity index (χ0v) is 13.2. The molecule has 0 spiro atoms. The topological polar surface area (TPSA) is 30.5 Å². The van der Waals surface area contributed by atoms with Gasteiger partial charge in [-0.05, 0) is 44.3 Å².